The molecule has 1 aromatic carbocycles. The molecule has 0 saturated heterocycles. The maximum Gasteiger partial charge on any atom is 0.224 e. The highest BCUT2D eigenvalue weighted by atomic mass is 16.1. The second-order valence-electron chi connectivity index (χ2n) is 8.21. The van der Waals surface area contributed by atoms with Crippen LogP contribution in [0.3, 0.4) is 0 Å². The summed E-state index contributed by atoms with van der Waals surface area (Å²) in [6, 6.07) is 10.2. The number of carbonyl (C=O) groups is 1. The topological polar surface area (TPSA) is 59.3 Å². The van der Waals surface area contributed by atoms with Crippen molar-refractivity contribution in [1.82, 2.24) is 19.9 Å². The summed E-state index contributed by atoms with van der Waals surface area (Å²) in [5, 5.41) is 7.82. The molecule has 0 radical (unpaired) electrons. The lowest BCUT2D eigenvalue weighted by Crippen LogP contribution is -2.27. The molecule has 0 bridgehead atoms. The first-order valence-electron chi connectivity index (χ1n) is 10.9. The van der Waals surface area contributed by atoms with Gasteiger partial charge in [-0.2, -0.15) is 5.10 Å². The van der Waals surface area contributed by atoms with Crippen LogP contribution in [-0.2, 0) is 11.2 Å². The van der Waals surface area contributed by atoms with Gasteiger partial charge in [-0.25, -0.2) is 9.50 Å². The molecule has 0 atom stereocenters. The Morgan fingerprint density at radius 1 is 1.10 bits per heavy atom. The van der Waals surface area contributed by atoms with Crippen LogP contribution in [0.2, 0.25) is 0 Å². The third-order valence-corrected chi connectivity index (χ3v) is 6.05. The van der Waals surface area contributed by atoms with Crippen molar-refractivity contribution in [3.63, 3.8) is 0 Å². The van der Waals surface area contributed by atoms with E-state index in [0.717, 1.165) is 45.8 Å². The van der Waals surface area contributed by atoms with E-state index in [1.807, 2.05) is 43.5 Å². The van der Waals surface area contributed by atoms with Gasteiger partial charge in [-0.3, -0.25) is 4.79 Å². The molecule has 0 aliphatic heterocycles. The van der Waals surface area contributed by atoms with Crippen molar-refractivity contribution in [3.8, 4) is 11.1 Å². The molecule has 5 nitrogen and oxygen atoms in total. The van der Waals surface area contributed by atoms with Crippen LogP contribution in [-0.4, -0.2) is 27.0 Å². The molecule has 1 N–H and O–H groups in total. The van der Waals surface area contributed by atoms with Gasteiger partial charge in [0.25, 0.3) is 0 Å². The summed E-state index contributed by atoms with van der Waals surface area (Å²) in [4.78, 5) is 17.5. The lowest BCUT2D eigenvalue weighted by molar-refractivity contribution is -0.120. The molecule has 2 aromatic heterocycles. The van der Waals surface area contributed by atoms with Crippen LogP contribution in [0.1, 0.15) is 54.7 Å². The summed E-state index contributed by atoms with van der Waals surface area (Å²) in [5.41, 5.74) is 8.27. The van der Waals surface area contributed by atoms with E-state index in [-0.39, 0.29) is 5.91 Å². The van der Waals surface area contributed by atoms with Crippen LogP contribution in [0.25, 0.3) is 16.8 Å². The summed E-state index contributed by atoms with van der Waals surface area (Å²) >= 11 is 0. The minimum absolute atomic E-state index is 0.0471. The van der Waals surface area contributed by atoms with Crippen molar-refractivity contribution in [3.05, 3.63) is 64.6 Å². The molecule has 0 saturated carbocycles. The highest BCUT2D eigenvalue weighted by molar-refractivity contribution is 5.82. The number of fused-ring (bicyclic) bond motifs is 1. The smallest absolute Gasteiger partial charge is 0.224 e. The third kappa shape index (κ3) is 4.16. The van der Waals surface area contributed by atoms with E-state index in [1.54, 1.807) is 0 Å². The maximum atomic E-state index is 12.6. The van der Waals surface area contributed by atoms with E-state index >= 15 is 0 Å². The van der Waals surface area contributed by atoms with E-state index < -0.39 is 0 Å². The molecule has 5 heteroatoms. The minimum atomic E-state index is 0.0471. The molecular formula is C25H30N4O. The fraction of sp³-hybridized carbons (Fsp3) is 0.400. The van der Waals surface area contributed by atoms with Gasteiger partial charge in [0.15, 0.2) is 5.65 Å². The second kappa shape index (κ2) is 8.82. The predicted molar refractivity (Wildman–Crippen MR) is 121 cm³/mol. The summed E-state index contributed by atoms with van der Waals surface area (Å²) in [6.07, 6.45) is 8.56. The number of aryl methyl sites for hydroxylation is 3. The molecule has 30 heavy (non-hydrogen) atoms. The standard InChI is InChI=1S/C25H30N4O/c1-17-22(16-23(30)26-15-14-20-10-6-4-7-11-20)19(3)29-25(27-17)24(18(2)28-29)21-12-8-5-9-13-21/h5,8-10,12-13H,4,6-7,11,14-16H2,1-3H3,(H,26,30). The van der Waals surface area contributed by atoms with Crippen LogP contribution < -0.4 is 5.32 Å². The normalized spacial score (nSPS) is 14.0. The molecule has 0 spiro atoms. The quantitative estimate of drug-likeness (QED) is 0.598. The SMILES string of the molecule is Cc1nc2c(-c3ccccc3)c(C)nn2c(C)c1CC(=O)NCCC1=CCCCC1. The summed E-state index contributed by atoms with van der Waals surface area (Å²) < 4.78 is 1.89. The van der Waals surface area contributed by atoms with E-state index in [4.69, 9.17) is 10.1 Å². The van der Waals surface area contributed by atoms with Crippen LogP contribution in [0, 0.1) is 20.8 Å². The molecule has 1 amide bonds. The number of amides is 1. The molecule has 2 heterocycles. The van der Waals surface area contributed by atoms with Crippen LogP contribution >= 0.6 is 0 Å². The van der Waals surface area contributed by atoms with Gasteiger partial charge in [0.1, 0.15) is 0 Å². The van der Waals surface area contributed by atoms with Gasteiger partial charge in [-0.1, -0.05) is 42.0 Å². The lowest BCUT2D eigenvalue weighted by Gasteiger charge is -2.14. The van der Waals surface area contributed by atoms with Crippen molar-refractivity contribution >= 4 is 11.6 Å². The molecule has 0 fully saturated rings. The third-order valence-electron chi connectivity index (χ3n) is 6.05. The van der Waals surface area contributed by atoms with Crippen LogP contribution in [0.4, 0.5) is 0 Å². The Kier molecular flexibility index (Phi) is 5.98. The Labute approximate surface area is 178 Å². The number of nitrogens with zero attached hydrogens (tertiary/aromatic N) is 3. The molecule has 3 aromatic rings. The predicted octanol–water partition coefficient (Wildman–Crippen LogP) is 4.87. The number of benzene rings is 1. The van der Waals surface area contributed by atoms with Gasteiger partial charge in [0.05, 0.1) is 12.1 Å². The van der Waals surface area contributed by atoms with Crippen molar-refractivity contribution in [2.24, 2.45) is 0 Å². The van der Waals surface area contributed by atoms with Crippen LogP contribution in [0.15, 0.2) is 42.0 Å². The van der Waals surface area contributed by atoms with Gasteiger partial charge in [-0.15, -0.1) is 0 Å². The zero-order valence-electron chi connectivity index (χ0n) is 18.2. The van der Waals surface area contributed by atoms with Crippen LogP contribution in [0.5, 0.6) is 0 Å². The number of nitrogens with one attached hydrogen (secondary N) is 1. The van der Waals surface area contributed by atoms with Gasteiger partial charge in [-0.05, 0) is 58.4 Å². The summed E-state index contributed by atoms with van der Waals surface area (Å²) in [5.74, 6) is 0.0471. The highest BCUT2D eigenvalue weighted by Gasteiger charge is 2.19. The van der Waals surface area contributed by atoms with Crippen molar-refractivity contribution < 1.29 is 4.79 Å². The second-order valence-corrected chi connectivity index (χ2v) is 8.21. The van der Waals surface area contributed by atoms with E-state index in [1.165, 1.54) is 31.3 Å². The molecule has 1 aliphatic carbocycles. The van der Waals surface area contributed by atoms with Crippen molar-refractivity contribution in [1.29, 1.82) is 0 Å². The molecule has 0 unspecified atom stereocenters. The van der Waals surface area contributed by atoms with Gasteiger partial charge in [0.2, 0.25) is 5.91 Å². The number of aromatic nitrogens is 3. The first-order valence-corrected chi connectivity index (χ1v) is 10.9. The number of allylic oxidation sites excluding steroid dienone is 1. The monoisotopic (exact) mass is 402 g/mol. The first kappa shape index (κ1) is 20.3. The molecule has 1 aliphatic rings. The number of rotatable bonds is 6. The molecule has 4 rings (SSSR count). The maximum absolute atomic E-state index is 12.6. The van der Waals surface area contributed by atoms with E-state index in [0.29, 0.717) is 13.0 Å². The zero-order valence-corrected chi connectivity index (χ0v) is 18.2. The molecule has 156 valence electrons. The largest absolute Gasteiger partial charge is 0.355 e. The Morgan fingerprint density at radius 2 is 1.90 bits per heavy atom. The fourth-order valence-corrected chi connectivity index (χ4v) is 4.38. The van der Waals surface area contributed by atoms with E-state index in [9.17, 15) is 4.79 Å². The van der Waals surface area contributed by atoms with Gasteiger partial charge >= 0.3 is 0 Å². The van der Waals surface area contributed by atoms with Gasteiger partial charge < -0.3 is 5.32 Å². The zero-order chi connectivity index (χ0) is 21.1. The highest BCUT2D eigenvalue weighted by Crippen LogP contribution is 2.29. The Balaban J connectivity index is 1.53. The molecular weight excluding hydrogens is 372 g/mol. The number of carbonyl (C=O) groups excluding carboxylic acids is 1. The number of hydrogen-bond donors (Lipinski definition) is 1. The first-order chi connectivity index (χ1) is 14.5. The van der Waals surface area contributed by atoms with Crippen molar-refractivity contribution in [2.75, 3.05) is 6.54 Å². The average molecular weight is 403 g/mol. The van der Waals surface area contributed by atoms with Crippen molar-refractivity contribution in [2.45, 2.75) is 59.3 Å². The summed E-state index contributed by atoms with van der Waals surface area (Å²) in [6.45, 7) is 6.73. The number of hydrogen-bond acceptors (Lipinski definition) is 3. The fourth-order valence-electron chi connectivity index (χ4n) is 4.38. The Hall–Kier alpha value is -2.95. The minimum Gasteiger partial charge on any atom is -0.355 e. The Bertz CT molecular complexity index is 1100. The summed E-state index contributed by atoms with van der Waals surface area (Å²) in [7, 11) is 0. The lowest BCUT2D eigenvalue weighted by atomic mass is 9.97. The average Bonchev–Trinajstić information content (AvgIpc) is 3.08. The van der Waals surface area contributed by atoms with E-state index in [2.05, 4.69) is 23.5 Å². The van der Waals surface area contributed by atoms with Gasteiger partial charge in [0, 0.05) is 29.1 Å². The Morgan fingerprint density at radius 3 is 2.63 bits per heavy atom.